The lowest BCUT2D eigenvalue weighted by Gasteiger charge is -2.40. The number of pyridine rings is 1. The van der Waals surface area contributed by atoms with E-state index in [1.165, 1.54) is 0 Å². The normalized spacial score (nSPS) is 20.8. The molecule has 11 heteroatoms. The van der Waals surface area contributed by atoms with Gasteiger partial charge in [0.25, 0.3) is 0 Å². The number of nitrogens with zero attached hydrogens (tertiary/aromatic N) is 6. The average Bonchev–Trinajstić information content (AvgIpc) is 3.72. The molecule has 0 aliphatic carbocycles. The molecular formula is C45H53FN6O3Si. The van der Waals surface area contributed by atoms with E-state index in [9.17, 15) is 9.90 Å². The van der Waals surface area contributed by atoms with Gasteiger partial charge in [-0.05, 0) is 53.8 Å². The van der Waals surface area contributed by atoms with Crippen molar-refractivity contribution in [3.8, 4) is 28.7 Å². The first kappa shape index (κ1) is 38.1. The van der Waals surface area contributed by atoms with Crippen molar-refractivity contribution >= 4 is 41.7 Å². The lowest BCUT2D eigenvalue weighted by Crippen LogP contribution is -2.55. The van der Waals surface area contributed by atoms with Crippen LogP contribution in [-0.2, 0) is 0 Å². The molecule has 292 valence electrons. The number of hydrogen-bond acceptors (Lipinski definition) is 7. The van der Waals surface area contributed by atoms with Gasteiger partial charge in [0, 0.05) is 48.9 Å². The smallest absolute Gasteiger partial charge is 0.407 e. The molecule has 1 N–H and O–H groups in total. The van der Waals surface area contributed by atoms with Gasteiger partial charge in [-0.15, -0.1) is 5.54 Å². The summed E-state index contributed by atoms with van der Waals surface area (Å²) in [7, 11) is -2.06. The highest BCUT2D eigenvalue weighted by atomic mass is 28.3. The Kier molecular flexibility index (Phi) is 9.73. The maximum atomic E-state index is 17.5. The zero-order valence-corrected chi connectivity index (χ0v) is 34.5. The SMILES string of the molecule is C=C1CN2CC(=C)CC2(COc2nc(N3C[C@H]4CC[C@@H](C3)N4C(=O)O)c3cnc(-c4cccc5cccc(C#C[Si](C(C)C)(C(C)C)C(C)C)c45)c(F)c3n2)C1. The number of fused-ring (bicyclic) bond motifs is 5. The van der Waals surface area contributed by atoms with Gasteiger partial charge in [0.15, 0.2) is 5.82 Å². The molecule has 2 aromatic carbocycles. The summed E-state index contributed by atoms with van der Waals surface area (Å²) in [5.74, 6) is 3.59. The Morgan fingerprint density at radius 3 is 2.21 bits per heavy atom. The van der Waals surface area contributed by atoms with Crippen molar-refractivity contribution in [2.45, 2.75) is 101 Å². The first-order valence-electron chi connectivity index (χ1n) is 20.1. The summed E-state index contributed by atoms with van der Waals surface area (Å²) in [4.78, 5) is 32.7. The summed E-state index contributed by atoms with van der Waals surface area (Å²) in [6.07, 6.45) is 3.88. The summed E-state index contributed by atoms with van der Waals surface area (Å²) < 4.78 is 23.9. The van der Waals surface area contributed by atoms with E-state index in [-0.39, 0.29) is 34.8 Å². The van der Waals surface area contributed by atoms with Crippen molar-refractivity contribution in [3.05, 3.63) is 78.3 Å². The van der Waals surface area contributed by atoms with Crippen LogP contribution in [0.3, 0.4) is 0 Å². The van der Waals surface area contributed by atoms with E-state index >= 15 is 4.39 Å². The number of anilines is 1. The summed E-state index contributed by atoms with van der Waals surface area (Å²) in [6.45, 7) is 25.1. The van der Waals surface area contributed by atoms with E-state index in [0.29, 0.717) is 53.1 Å². The molecule has 2 bridgehead atoms. The van der Waals surface area contributed by atoms with Gasteiger partial charge in [-0.2, -0.15) is 9.97 Å². The van der Waals surface area contributed by atoms with Crippen LogP contribution in [0.2, 0.25) is 16.6 Å². The van der Waals surface area contributed by atoms with Gasteiger partial charge in [0.1, 0.15) is 31.7 Å². The van der Waals surface area contributed by atoms with Gasteiger partial charge in [-0.3, -0.25) is 14.8 Å². The second-order valence-electron chi connectivity index (χ2n) is 17.6. The van der Waals surface area contributed by atoms with Crippen LogP contribution in [0.4, 0.5) is 15.0 Å². The van der Waals surface area contributed by atoms with Gasteiger partial charge in [0.05, 0.1) is 23.0 Å². The van der Waals surface area contributed by atoms with Crippen LogP contribution in [0.15, 0.2) is 66.9 Å². The van der Waals surface area contributed by atoms with E-state index in [1.54, 1.807) is 11.1 Å². The number of carbonyl (C=O) groups is 1. The molecule has 4 fully saturated rings. The Bertz CT molecular complexity index is 2270. The van der Waals surface area contributed by atoms with Crippen molar-refractivity contribution in [2.75, 3.05) is 37.7 Å². The molecule has 6 heterocycles. The number of amides is 1. The van der Waals surface area contributed by atoms with Crippen LogP contribution in [0.5, 0.6) is 6.01 Å². The predicted molar refractivity (Wildman–Crippen MR) is 224 cm³/mol. The lowest BCUT2D eigenvalue weighted by molar-refractivity contribution is 0.107. The third kappa shape index (κ3) is 6.26. The monoisotopic (exact) mass is 772 g/mol. The van der Waals surface area contributed by atoms with Crippen molar-refractivity contribution in [3.63, 3.8) is 0 Å². The molecule has 9 nitrogen and oxygen atoms in total. The Labute approximate surface area is 330 Å². The minimum absolute atomic E-state index is 0.0859. The van der Waals surface area contributed by atoms with Crippen molar-refractivity contribution in [1.82, 2.24) is 24.8 Å². The molecule has 4 aromatic rings. The number of aromatic nitrogens is 3. The minimum Gasteiger partial charge on any atom is -0.465 e. The van der Waals surface area contributed by atoms with E-state index in [2.05, 4.69) is 76.0 Å². The highest BCUT2D eigenvalue weighted by Crippen LogP contribution is 2.44. The summed E-state index contributed by atoms with van der Waals surface area (Å²) in [6, 6.07) is 11.7. The molecule has 2 aromatic heterocycles. The minimum atomic E-state index is -2.06. The van der Waals surface area contributed by atoms with E-state index in [1.807, 2.05) is 36.4 Å². The highest BCUT2D eigenvalue weighted by molar-refractivity contribution is 6.90. The molecule has 4 aliphatic rings. The molecule has 1 amide bonds. The van der Waals surface area contributed by atoms with E-state index < -0.39 is 20.0 Å². The lowest BCUT2D eigenvalue weighted by atomic mass is 9.92. The summed E-state index contributed by atoms with van der Waals surface area (Å²) in [5.41, 5.74) is 9.12. The first-order chi connectivity index (χ1) is 26.7. The number of hydrogen-bond donors (Lipinski definition) is 1. The molecule has 0 spiro atoms. The Morgan fingerprint density at radius 2 is 1.61 bits per heavy atom. The molecule has 8 rings (SSSR count). The molecule has 4 saturated heterocycles. The van der Waals surface area contributed by atoms with Crippen LogP contribution in [0.1, 0.15) is 72.8 Å². The van der Waals surface area contributed by atoms with Gasteiger partial charge in [0.2, 0.25) is 0 Å². The fraction of sp³-hybridized carbons (Fsp3) is 0.467. The van der Waals surface area contributed by atoms with Crippen LogP contribution >= 0.6 is 0 Å². The Morgan fingerprint density at radius 1 is 0.982 bits per heavy atom. The number of carboxylic acid groups (broad SMARTS) is 1. The average molecular weight is 773 g/mol. The number of rotatable bonds is 8. The van der Waals surface area contributed by atoms with Gasteiger partial charge < -0.3 is 14.7 Å². The Hall–Kier alpha value is -4.79. The van der Waals surface area contributed by atoms with Crippen LogP contribution < -0.4 is 9.64 Å². The second kappa shape index (κ2) is 14.3. The van der Waals surface area contributed by atoms with Crippen LogP contribution in [0, 0.1) is 17.3 Å². The van der Waals surface area contributed by atoms with Crippen molar-refractivity contribution < 1.29 is 19.0 Å². The van der Waals surface area contributed by atoms with Crippen molar-refractivity contribution in [2.24, 2.45) is 0 Å². The van der Waals surface area contributed by atoms with Crippen molar-refractivity contribution in [1.29, 1.82) is 0 Å². The quantitative estimate of drug-likeness (QED) is 0.108. The fourth-order valence-corrected chi connectivity index (χ4v) is 16.0. The van der Waals surface area contributed by atoms with Gasteiger partial charge in [-0.1, -0.05) is 102 Å². The largest absolute Gasteiger partial charge is 0.465 e. The van der Waals surface area contributed by atoms with Gasteiger partial charge >= 0.3 is 12.1 Å². The number of piperazine rings is 1. The fourth-order valence-electron chi connectivity index (χ4n) is 10.8. The first-order valence-corrected chi connectivity index (χ1v) is 22.3. The predicted octanol–water partition coefficient (Wildman–Crippen LogP) is 9.22. The molecular weight excluding hydrogens is 720 g/mol. The second-order valence-corrected chi connectivity index (χ2v) is 23.2. The third-order valence-electron chi connectivity index (χ3n) is 13.2. The molecule has 56 heavy (non-hydrogen) atoms. The third-order valence-corrected chi connectivity index (χ3v) is 19.5. The summed E-state index contributed by atoms with van der Waals surface area (Å²) >= 11 is 0. The van der Waals surface area contributed by atoms with Gasteiger partial charge in [-0.25, -0.2) is 9.18 Å². The molecule has 0 unspecified atom stereocenters. The molecule has 2 atom stereocenters. The number of halogens is 1. The number of ether oxygens (including phenoxy) is 1. The van der Waals surface area contributed by atoms with Crippen LogP contribution in [-0.4, -0.2) is 94.4 Å². The zero-order valence-electron chi connectivity index (χ0n) is 33.5. The molecule has 4 aliphatic heterocycles. The molecule has 0 radical (unpaired) electrons. The zero-order chi connectivity index (χ0) is 39.7. The van der Waals surface area contributed by atoms with E-state index in [4.69, 9.17) is 19.7 Å². The standard InChI is InChI=1S/C45H53FN6O3Si/c1-27(2)56(28(3)4,29(5)6)18-17-33-12-9-11-32-13-10-14-36(38(32)33)40-39(46)41-37(21-47-40)42(50-24-34-15-16-35(25-50)52(34)44(53)54)49-43(48-41)55-26-45-19-30(7)22-51(45)23-31(8)20-45/h9-14,21,27-29,34-35H,7-8,15-16,19-20,22-26H2,1-6H3,(H,53,54)/t34-,35+. The highest BCUT2D eigenvalue weighted by Gasteiger charge is 2.48. The summed E-state index contributed by atoms with van der Waals surface area (Å²) in [5, 5.41) is 12.3. The maximum Gasteiger partial charge on any atom is 0.407 e. The molecule has 0 saturated carbocycles. The Balaban J connectivity index is 1.26. The topological polar surface area (TPSA) is 94.9 Å². The number of benzene rings is 2. The van der Waals surface area contributed by atoms with E-state index in [0.717, 1.165) is 66.3 Å². The van der Waals surface area contributed by atoms with Crippen LogP contribution in [0.25, 0.3) is 32.9 Å². The maximum absolute atomic E-state index is 17.5.